The van der Waals surface area contributed by atoms with Crippen LogP contribution < -0.4 is 5.32 Å². The molecule has 1 unspecified atom stereocenters. The topological polar surface area (TPSA) is 57.5 Å². The smallest absolute Gasteiger partial charge is 0.317 e. The molecule has 34 heavy (non-hydrogen) atoms. The fourth-order valence-electron chi connectivity index (χ4n) is 4.97. The summed E-state index contributed by atoms with van der Waals surface area (Å²) in [5.41, 5.74) is 1.97. The van der Waals surface area contributed by atoms with Gasteiger partial charge in [-0.2, -0.15) is 0 Å². The molecule has 1 aromatic heterocycles. The van der Waals surface area contributed by atoms with E-state index in [1.54, 1.807) is 4.90 Å². The third-order valence-electron chi connectivity index (χ3n) is 6.81. The van der Waals surface area contributed by atoms with Gasteiger partial charge in [-0.3, -0.25) is 0 Å². The Morgan fingerprint density at radius 1 is 1.06 bits per heavy atom. The van der Waals surface area contributed by atoms with Gasteiger partial charge in [-0.05, 0) is 61.6 Å². The minimum absolute atomic E-state index is 0.0626. The molecule has 0 spiro atoms. The maximum Gasteiger partial charge on any atom is 0.317 e. The van der Waals surface area contributed by atoms with Crippen LogP contribution in [0.2, 0.25) is 10.0 Å². The monoisotopic (exact) mass is 503 g/mol. The summed E-state index contributed by atoms with van der Waals surface area (Å²) in [6.45, 7) is 5.60. The summed E-state index contributed by atoms with van der Waals surface area (Å²) >= 11 is 12.6. The standard InChI is InChI=1S/C27H35Cl2N3O2/c1-18(2)12-13-31(27(34)30-21-6-4-3-5-7-21)16-22(33)17-32-25-10-8-19(28)14-23(25)24-15-20(29)9-11-26(24)32/h8-11,14-15,18,21-22,33H,3-7,12-13,16-17H2,1-2H3,(H,30,34). The van der Waals surface area contributed by atoms with Gasteiger partial charge in [-0.25, -0.2) is 4.79 Å². The number of hydrogen-bond acceptors (Lipinski definition) is 2. The highest BCUT2D eigenvalue weighted by atomic mass is 35.5. The molecule has 1 heterocycles. The lowest BCUT2D eigenvalue weighted by molar-refractivity contribution is 0.105. The van der Waals surface area contributed by atoms with Gasteiger partial charge < -0.3 is 19.9 Å². The normalized spacial score (nSPS) is 15.8. The number of benzene rings is 2. The quantitative estimate of drug-likeness (QED) is 0.352. The van der Waals surface area contributed by atoms with E-state index < -0.39 is 6.10 Å². The number of nitrogens with zero attached hydrogens (tertiary/aromatic N) is 2. The van der Waals surface area contributed by atoms with E-state index >= 15 is 0 Å². The number of aliphatic hydroxyl groups excluding tert-OH is 1. The first-order valence-corrected chi connectivity index (χ1v) is 13.2. The van der Waals surface area contributed by atoms with Crippen LogP contribution in [-0.4, -0.2) is 45.8 Å². The molecule has 1 fully saturated rings. The van der Waals surface area contributed by atoms with Crippen LogP contribution in [0.1, 0.15) is 52.4 Å². The fraction of sp³-hybridized carbons (Fsp3) is 0.519. The number of carbonyl (C=O) groups excluding carboxylic acids is 1. The van der Waals surface area contributed by atoms with E-state index in [0.29, 0.717) is 29.1 Å². The Morgan fingerprint density at radius 2 is 1.65 bits per heavy atom. The van der Waals surface area contributed by atoms with E-state index in [1.165, 1.54) is 19.3 Å². The Balaban J connectivity index is 1.54. The average Bonchev–Trinajstić information content (AvgIpc) is 3.09. The van der Waals surface area contributed by atoms with Crippen molar-refractivity contribution in [3.63, 3.8) is 0 Å². The number of amides is 2. The van der Waals surface area contributed by atoms with Crippen LogP contribution in [0.15, 0.2) is 36.4 Å². The summed E-state index contributed by atoms with van der Waals surface area (Å²) < 4.78 is 2.10. The van der Waals surface area contributed by atoms with E-state index in [9.17, 15) is 9.90 Å². The molecule has 1 aliphatic carbocycles. The fourth-order valence-corrected chi connectivity index (χ4v) is 5.31. The lowest BCUT2D eigenvalue weighted by Crippen LogP contribution is -2.48. The van der Waals surface area contributed by atoms with Crippen molar-refractivity contribution >= 4 is 51.0 Å². The molecule has 0 saturated heterocycles. The van der Waals surface area contributed by atoms with E-state index in [1.807, 2.05) is 36.4 Å². The van der Waals surface area contributed by atoms with Gasteiger partial charge in [0.2, 0.25) is 0 Å². The van der Waals surface area contributed by atoms with Crippen molar-refractivity contribution in [3.8, 4) is 0 Å². The first-order valence-electron chi connectivity index (χ1n) is 12.4. The second-order valence-corrected chi connectivity index (χ2v) is 10.9. The highest BCUT2D eigenvalue weighted by Crippen LogP contribution is 2.33. The lowest BCUT2D eigenvalue weighted by Gasteiger charge is -2.30. The molecule has 7 heteroatoms. The minimum Gasteiger partial charge on any atom is -0.389 e. The highest BCUT2D eigenvalue weighted by molar-refractivity contribution is 6.33. The number of nitrogens with one attached hydrogen (secondary N) is 1. The predicted octanol–water partition coefficient (Wildman–Crippen LogP) is 6.85. The summed E-state index contributed by atoms with van der Waals surface area (Å²) in [7, 11) is 0. The number of aliphatic hydroxyl groups is 1. The van der Waals surface area contributed by atoms with Crippen molar-refractivity contribution in [1.82, 2.24) is 14.8 Å². The predicted molar refractivity (Wildman–Crippen MR) is 142 cm³/mol. The van der Waals surface area contributed by atoms with E-state index in [2.05, 4.69) is 23.7 Å². The summed E-state index contributed by atoms with van der Waals surface area (Å²) in [4.78, 5) is 14.9. The van der Waals surface area contributed by atoms with Crippen LogP contribution in [0.5, 0.6) is 0 Å². The van der Waals surface area contributed by atoms with Gasteiger partial charge in [0.1, 0.15) is 0 Å². The molecule has 3 aromatic rings. The van der Waals surface area contributed by atoms with Crippen LogP contribution >= 0.6 is 23.2 Å². The van der Waals surface area contributed by atoms with Gasteiger partial charge in [0.05, 0.1) is 19.2 Å². The largest absolute Gasteiger partial charge is 0.389 e. The molecular formula is C27H35Cl2N3O2. The molecule has 2 aromatic carbocycles. The van der Waals surface area contributed by atoms with E-state index in [4.69, 9.17) is 23.2 Å². The van der Waals surface area contributed by atoms with Crippen LogP contribution in [-0.2, 0) is 6.54 Å². The van der Waals surface area contributed by atoms with Crippen molar-refractivity contribution < 1.29 is 9.90 Å². The Kier molecular flexibility index (Phi) is 8.28. The number of carbonyl (C=O) groups is 1. The van der Waals surface area contributed by atoms with Gasteiger partial charge in [0.15, 0.2) is 0 Å². The van der Waals surface area contributed by atoms with Gasteiger partial charge >= 0.3 is 6.03 Å². The maximum absolute atomic E-state index is 13.1. The third kappa shape index (κ3) is 5.99. The molecule has 1 atom stereocenters. The first kappa shape index (κ1) is 25.2. The number of hydrogen-bond donors (Lipinski definition) is 2. The zero-order valence-corrected chi connectivity index (χ0v) is 21.6. The summed E-state index contributed by atoms with van der Waals surface area (Å²) in [5.74, 6) is 0.481. The third-order valence-corrected chi connectivity index (χ3v) is 7.28. The molecule has 1 saturated carbocycles. The molecular weight excluding hydrogens is 469 g/mol. The number of aromatic nitrogens is 1. The second-order valence-electron chi connectivity index (χ2n) is 10.0. The van der Waals surface area contributed by atoms with Crippen molar-refractivity contribution in [2.75, 3.05) is 13.1 Å². The number of urea groups is 1. The van der Waals surface area contributed by atoms with E-state index in [0.717, 1.165) is 41.1 Å². The van der Waals surface area contributed by atoms with Crippen LogP contribution in [0.3, 0.4) is 0 Å². The van der Waals surface area contributed by atoms with Gasteiger partial charge in [0, 0.05) is 44.4 Å². The maximum atomic E-state index is 13.1. The summed E-state index contributed by atoms with van der Waals surface area (Å²) in [6, 6.07) is 11.7. The molecule has 0 radical (unpaired) electrons. The van der Waals surface area contributed by atoms with Gasteiger partial charge in [-0.15, -0.1) is 0 Å². The SMILES string of the molecule is CC(C)CCN(CC(O)Cn1c2ccc(Cl)cc2c2cc(Cl)ccc21)C(=O)NC1CCCCC1. The first-order chi connectivity index (χ1) is 16.3. The molecule has 4 rings (SSSR count). The van der Waals surface area contributed by atoms with Crippen molar-refractivity contribution in [2.24, 2.45) is 5.92 Å². The molecule has 2 amide bonds. The van der Waals surface area contributed by atoms with Gasteiger partial charge in [0.25, 0.3) is 0 Å². The Hall–Kier alpha value is -1.95. The molecule has 0 aliphatic heterocycles. The van der Waals surface area contributed by atoms with Crippen LogP contribution in [0.25, 0.3) is 21.8 Å². The van der Waals surface area contributed by atoms with E-state index in [-0.39, 0.29) is 18.6 Å². The van der Waals surface area contributed by atoms with Gasteiger partial charge in [-0.1, -0.05) is 56.3 Å². The van der Waals surface area contributed by atoms with Crippen molar-refractivity contribution in [2.45, 2.75) is 71.1 Å². The Morgan fingerprint density at radius 3 is 2.21 bits per heavy atom. The van der Waals surface area contributed by atoms with Crippen molar-refractivity contribution in [3.05, 3.63) is 46.4 Å². The summed E-state index contributed by atoms with van der Waals surface area (Å²) in [6.07, 6.45) is 5.85. The number of fused-ring (bicyclic) bond motifs is 3. The average molecular weight is 505 g/mol. The van der Waals surface area contributed by atoms with Crippen LogP contribution in [0, 0.1) is 5.92 Å². The molecule has 184 valence electrons. The molecule has 2 N–H and O–H groups in total. The van der Waals surface area contributed by atoms with Crippen LogP contribution in [0.4, 0.5) is 4.79 Å². The van der Waals surface area contributed by atoms with Crippen molar-refractivity contribution in [1.29, 1.82) is 0 Å². The Bertz CT molecular complexity index is 1080. The summed E-state index contributed by atoms with van der Waals surface area (Å²) in [5, 5.41) is 17.7. The Labute approximate surface area is 212 Å². The molecule has 5 nitrogen and oxygen atoms in total. The second kappa shape index (κ2) is 11.2. The minimum atomic E-state index is -0.713. The molecule has 1 aliphatic rings. The number of halogens is 2. The molecule has 0 bridgehead atoms. The number of rotatable bonds is 8. The zero-order chi connectivity index (χ0) is 24.2. The highest BCUT2D eigenvalue weighted by Gasteiger charge is 2.23. The zero-order valence-electron chi connectivity index (χ0n) is 20.1. The lowest BCUT2D eigenvalue weighted by atomic mass is 9.96.